The molecule has 0 N–H and O–H groups in total. The second-order valence-corrected chi connectivity index (χ2v) is 3.61. The maximum absolute atomic E-state index is 11.7. The first-order chi connectivity index (χ1) is 8.77. The number of hydrogen-bond acceptors (Lipinski definition) is 4. The molecule has 4 nitrogen and oxygen atoms in total. The summed E-state index contributed by atoms with van der Waals surface area (Å²) in [6, 6.07) is 9.10. The molecule has 0 spiro atoms. The van der Waals surface area contributed by atoms with E-state index in [0.29, 0.717) is 16.9 Å². The predicted molar refractivity (Wildman–Crippen MR) is 67.6 cm³/mol. The average molecular weight is 243 g/mol. The van der Waals surface area contributed by atoms with E-state index in [2.05, 4.69) is 4.98 Å². The number of aromatic nitrogens is 1. The van der Waals surface area contributed by atoms with Crippen LogP contribution in [0.25, 0.3) is 11.1 Å². The molecule has 0 saturated heterocycles. The van der Waals surface area contributed by atoms with Crippen LogP contribution in [-0.2, 0) is 4.74 Å². The van der Waals surface area contributed by atoms with Gasteiger partial charge < -0.3 is 9.47 Å². The molecule has 0 atom stereocenters. The van der Waals surface area contributed by atoms with Crippen LogP contribution in [0.15, 0.2) is 42.7 Å². The molecule has 0 bridgehead atoms. The third-order valence-corrected chi connectivity index (χ3v) is 2.62. The van der Waals surface area contributed by atoms with Gasteiger partial charge in [0.25, 0.3) is 0 Å². The molecule has 0 fully saturated rings. The summed E-state index contributed by atoms with van der Waals surface area (Å²) in [4.78, 5) is 15.8. The second-order valence-electron chi connectivity index (χ2n) is 3.61. The zero-order valence-corrected chi connectivity index (χ0v) is 10.2. The SMILES string of the molecule is COC(=O)c1ccncc1-c1ccccc1OC. The Morgan fingerprint density at radius 3 is 2.61 bits per heavy atom. The first-order valence-electron chi connectivity index (χ1n) is 5.43. The van der Waals surface area contributed by atoms with Crippen LogP contribution in [0.3, 0.4) is 0 Å². The van der Waals surface area contributed by atoms with Gasteiger partial charge in [0.2, 0.25) is 0 Å². The first kappa shape index (κ1) is 12.1. The van der Waals surface area contributed by atoms with Gasteiger partial charge in [0.05, 0.1) is 19.8 Å². The monoisotopic (exact) mass is 243 g/mol. The smallest absolute Gasteiger partial charge is 0.338 e. The minimum absolute atomic E-state index is 0.390. The second kappa shape index (κ2) is 5.31. The van der Waals surface area contributed by atoms with E-state index in [1.807, 2.05) is 24.3 Å². The van der Waals surface area contributed by atoms with E-state index in [4.69, 9.17) is 9.47 Å². The fourth-order valence-electron chi connectivity index (χ4n) is 1.76. The molecular formula is C14H13NO3. The van der Waals surface area contributed by atoms with Crippen molar-refractivity contribution in [1.29, 1.82) is 0 Å². The lowest BCUT2D eigenvalue weighted by Gasteiger charge is -2.11. The number of hydrogen-bond donors (Lipinski definition) is 0. The number of carbonyl (C=O) groups excluding carboxylic acids is 1. The highest BCUT2D eigenvalue weighted by Gasteiger charge is 2.15. The number of esters is 1. The fraction of sp³-hybridized carbons (Fsp3) is 0.143. The first-order valence-corrected chi connectivity index (χ1v) is 5.43. The largest absolute Gasteiger partial charge is 0.496 e. The van der Waals surface area contributed by atoms with Crippen molar-refractivity contribution in [3.05, 3.63) is 48.3 Å². The van der Waals surface area contributed by atoms with Gasteiger partial charge in [-0.2, -0.15) is 0 Å². The molecule has 0 aliphatic rings. The Morgan fingerprint density at radius 1 is 1.11 bits per heavy atom. The summed E-state index contributed by atoms with van der Waals surface area (Å²) in [5, 5.41) is 0. The summed E-state index contributed by atoms with van der Waals surface area (Å²) in [6.07, 6.45) is 3.19. The highest BCUT2D eigenvalue weighted by atomic mass is 16.5. The molecule has 0 aliphatic heterocycles. The molecule has 0 saturated carbocycles. The molecular weight excluding hydrogens is 230 g/mol. The Morgan fingerprint density at radius 2 is 1.89 bits per heavy atom. The Labute approximate surface area is 105 Å². The van der Waals surface area contributed by atoms with Crippen molar-refractivity contribution in [3.63, 3.8) is 0 Å². The van der Waals surface area contributed by atoms with Crippen LogP contribution >= 0.6 is 0 Å². The van der Waals surface area contributed by atoms with Crippen molar-refractivity contribution in [2.45, 2.75) is 0 Å². The topological polar surface area (TPSA) is 48.4 Å². The summed E-state index contributed by atoms with van der Waals surface area (Å²) in [5.41, 5.74) is 1.98. The molecule has 1 aromatic heterocycles. The quantitative estimate of drug-likeness (QED) is 0.777. The number of rotatable bonds is 3. The predicted octanol–water partition coefficient (Wildman–Crippen LogP) is 2.54. The molecule has 2 aromatic rings. The van der Waals surface area contributed by atoms with Gasteiger partial charge in [-0.05, 0) is 12.1 Å². The summed E-state index contributed by atoms with van der Waals surface area (Å²) >= 11 is 0. The molecule has 0 amide bonds. The van der Waals surface area contributed by atoms with E-state index >= 15 is 0 Å². The van der Waals surface area contributed by atoms with E-state index in [9.17, 15) is 4.79 Å². The zero-order valence-electron chi connectivity index (χ0n) is 10.2. The number of methoxy groups -OCH3 is 2. The van der Waals surface area contributed by atoms with Crippen LogP contribution in [-0.4, -0.2) is 25.2 Å². The van der Waals surface area contributed by atoms with Crippen LogP contribution in [0.1, 0.15) is 10.4 Å². The number of benzene rings is 1. The lowest BCUT2D eigenvalue weighted by atomic mass is 10.0. The fourth-order valence-corrected chi connectivity index (χ4v) is 1.76. The third-order valence-electron chi connectivity index (χ3n) is 2.62. The van der Waals surface area contributed by atoms with E-state index < -0.39 is 5.97 Å². The normalized spacial score (nSPS) is 9.89. The third kappa shape index (κ3) is 2.18. The Bertz CT molecular complexity index is 566. The average Bonchev–Trinajstić information content (AvgIpc) is 2.46. The standard InChI is InChI=1S/C14H13NO3/c1-17-13-6-4-3-5-10(13)12-9-15-8-7-11(12)14(16)18-2/h3-9H,1-2H3. The van der Waals surface area contributed by atoms with Gasteiger partial charge in [0, 0.05) is 23.5 Å². The summed E-state index contributed by atoms with van der Waals surface area (Å²) in [5.74, 6) is 0.300. The molecule has 92 valence electrons. The Kier molecular flexibility index (Phi) is 3.57. The van der Waals surface area contributed by atoms with Crippen molar-refractivity contribution < 1.29 is 14.3 Å². The zero-order chi connectivity index (χ0) is 13.0. The van der Waals surface area contributed by atoms with Crippen LogP contribution in [0, 0.1) is 0 Å². The van der Waals surface area contributed by atoms with Crippen LogP contribution in [0.4, 0.5) is 0 Å². The van der Waals surface area contributed by atoms with E-state index in [1.165, 1.54) is 7.11 Å². The van der Waals surface area contributed by atoms with Crippen molar-refractivity contribution in [2.75, 3.05) is 14.2 Å². The molecule has 2 rings (SSSR count). The van der Waals surface area contributed by atoms with Gasteiger partial charge >= 0.3 is 5.97 Å². The lowest BCUT2D eigenvalue weighted by Crippen LogP contribution is -2.04. The van der Waals surface area contributed by atoms with Crippen LogP contribution in [0.5, 0.6) is 5.75 Å². The molecule has 1 aromatic carbocycles. The number of para-hydroxylation sites is 1. The maximum Gasteiger partial charge on any atom is 0.338 e. The lowest BCUT2D eigenvalue weighted by molar-refractivity contribution is 0.0601. The Balaban J connectivity index is 2.60. The van der Waals surface area contributed by atoms with E-state index in [-0.39, 0.29) is 0 Å². The molecule has 18 heavy (non-hydrogen) atoms. The van der Waals surface area contributed by atoms with Gasteiger partial charge in [0.1, 0.15) is 5.75 Å². The van der Waals surface area contributed by atoms with Gasteiger partial charge in [-0.25, -0.2) is 4.79 Å². The van der Waals surface area contributed by atoms with Crippen molar-refractivity contribution in [1.82, 2.24) is 4.98 Å². The number of carbonyl (C=O) groups is 1. The summed E-state index contributed by atoms with van der Waals surface area (Å²) in [6.45, 7) is 0. The van der Waals surface area contributed by atoms with Crippen molar-refractivity contribution >= 4 is 5.97 Å². The van der Waals surface area contributed by atoms with Crippen molar-refractivity contribution in [2.24, 2.45) is 0 Å². The minimum atomic E-state index is -0.390. The van der Waals surface area contributed by atoms with Gasteiger partial charge in [-0.3, -0.25) is 4.98 Å². The Hall–Kier alpha value is -2.36. The van der Waals surface area contributed by atoms with Gasteiger partial charge in [-0.15, -0.1) is 0 Å². The maximum atomic E-state index is 11.7. The van der Waals surface area contributed by atoms with E-state index in [0.717, 1.165) is 5.56 Å². The summed E-state index contributed by atoms with van der Waals surface area (Å²) in [7, 11) is 2.95. The number of ether oxygens (including phenoxy) is 2. The van der Waals surface area contributed by atoms with E-state index in [1.54, 1.807) is 25.6 Å². The summed E-state index contributed by atoms with van der Waals surface area (Å²) < 4.78 is 10.1. The molecule has 0 unspecified atom stereocenters. The molecule has 4 heteroatoms. The number of nitrogens with zero attached hydrogens (tertiary/aromatic N) is 1. The number of pyridine rings is 1. The van der Waals surface area contributed by atoms with Crippen molar-refractivity contribution in [3.8, 4) is 16.9 Å². The minimum Gasteiger partial charge on any atom is -0.496 e. The molecule has 1 heterocycles. The van der Waals surface area contributed by atoms with Gasteiger partial charge in [0.15, 0.2) is 0 Å². The molecule has 0 aliphatic carbocycles. The van der Waals surface area contributed by atoms with Crippen LogP contribution < -0.4 is 4.74 Å². The van der Waals surface area contributed by atoms with Gasteiger partial charge in [-0.1, -0.05) is 18.2 Å². The molecule has 0 radical (unpaired) electrons. The highest BCUT2D eigenvalue weighted by Crippen LogP contribution is 2.31. The highest BCUT2D eigenvalue weighted by molar-refractivity contribution is 5.97. The van der Waals surface area contributed by atoms with Crippen LogP contribution in [0.2, 0.25) is 0 Å².